The van der Waals surface area contributed by atoms with E-state index in [-0.39, 0.29) is 5.91 Å². The smallest absolute Gasteiger partial charge is 0.252 e. The molecule has 1 rings (SSSR count). The number of nitrogen functional groups attached to an aromatic ring is 1. The molecule has 0 bridgehead atoms. The maximum Gasteiger partial charge on any atom is 0.252 e. The van der Waals surface area contributed by atoms with Gasteiger partial charge in [-0.25, -0.2) is 10.8 Å². The van der Waals surface area contributed by atoms with Crippen LogP contribution in [0.3, 0.4) is 0 Å². The normalized spacial score (nSPS) is 10.7. The Balaban J connectivity index is 2.23. The van der Waals surface area contributed by atoms with Crippen LogP contribution in [0, 0.1) is 5.92 Å². The van der Waals surface area contributed by atoms with Gasteiger partial charge in [0.15, 0.2) is 5.82 Å². The minimum absolute atomic E-state index is 0.157. The van der Waals surface area contributed by atoms with E-state index >= 15 is 0 Å². The molecule has 0 saturated heterocycles. The number of aromatic nitrogens is 1. The molecule has 118 valence electrons. The van der Waals surface area contributed by atoms with E-state index in [1.165, 1.54) is 25.5 Å². The highest BCUT2D eigenvalue weighted by atomic mass is 35.5. The number of amides is 1. The monoisotopic (exact) mass is 312 g/mol. The van der Waals surface area contributed by atoms with Crippen LogP contribution >= 0.6 is 11.6 Å². The first-order valence-corrected chi connectivity index (χ1v) is 7.82. The highest BCUT2D eigenvalue weighted by Gasteiger charge is 2.08. The number of carbonyl (C=O) groups is 1. The van der Waals surface area contributed by atoms with Gasteiger partial charge in [0.2, 0.25) is 0 Å². The quantitative estimate of drug-likeness (QED) is 0.371. The highest BCUT2D eigenvalue weighted by molar-refractivity contribution is 6.33. The Kier molecular flexibility index (Phi) is 8.08. The van der Waals surface area contributed by atoms with Crippen molar-refractivity contribution in [3.63, 3.8) is 0 Å². The Hall–Kier alpha value is -1.33. The van der Waals surface area contributed by atoms with E-state index < -0.39 is 0 Å². The Bertz CT molecular complexity index is 451. The lowest BCUT2D eigenvalue weighted by Crippen LogP contribution is -2.24. The maximum atomic E-state index is 11.9. The molecule has 0 saturated carbocycles. The summed E-state index contributed by atoms with van der Waals surface area (Å²) in [6.45, 7) is 5.16. The fourth-order valence-electron chi connectivity index (χ4n) is 2.00. The van der Waals surface area contributed by atoms with Gasteiger partial charge in [-0.05, 0) is 18.4 Å². The second kappa shape index (κ2) is 9.58. The predicted octanol–water partition coefficient (Wildman–Crippen LogP) is 3.36. The van der Waals surface area contributed by atoms with Crippen molar-refractivity contribution < 1.29 is 4.79 Å². The summed E-state index contributed by atoms with van der Waals surface area (Å²) in [6.07, 6.45) is 7.35. The number of anilines is 1. The molecule has 0 aliphatic carbocycles. The van der Waals surface area contributed by atoms with Gasteiger partial charge in [-0.1, -0.05) is 51.1 Å². The molecule has 1 aromatic heterocycles. The number of hydrogen-bond donors (Lipinski definition) is 3. The van der Waals surface area contributed by atoms with Crippen LogP contribution in [0.25, 0.3) is 0 Å². The number of rotatable bonds is 9. The second-order valence-corrected chi connectivity index (χ2v) is 5.96. The molecule has 0 aromatic carbocycles. The van der Waals surface area contributed by atoms with Crippen molar-refractivity contribution in [2.45, 2.75) is 46.0 Å². The summed E-state index contributed by atoms with van der Waals surface area (Å²) in [5.74, 6) is 6.21. The van der Waals surface area contributed by atoms with Gasteiger partial charge in [-0.15, -0.1) is 0 Å². The van der Waals surface area contributed by atoms with Gasteiger partial charge in [0, 0.05) is 12.7 Å². The number of halogens is 1. The minimum Gasteiger partial charge on any atom is -0.352 e. The standard InChI is InChI=1S/C15H25ClN4O/c1-11(2)7-5-3-4-6-8-18-15(21)12-9-13(16)14(20-17)19-10-12/h9-11H,3-8,17H2,1-2H3,(H,18,21)(H,19,20). The lowest BCUT2D eigenvalue weighted by atomic mass is 10.0. The molecule has 1 amide bonds. The zero-order valence-electron chi connectivity index (χ0n) is 12.8. The molecule has 0 atom stereocenters. The zero-order chi connectivity index (χ0) is 15.7. The largest absolute Gasteiger partial charge is 0.352 e. The predicted molar refractivity (Wildman–Crippen MR) is 87.3 cm³/mol. The van der Waals surface area contributed by atoms with E-state index in [1.54, 1.807) is 6.07 Å². The molecular weight excluding hydrogens is 288 g/mol. The first-order chi connectivity index (χ1) is 10.0. The summed E-state index contributed by atoms with van der Waals surface area (Å²) >= 11 is 5.93. The molecule has 1 aromatic rings. The van der Waals surface area contributed by atoms with Crippen LogP contribution in [0.15, 0.2) is 12.3 Å². The van der Waals surface area contributed by atoms with Crippen LogP contribution in [0.2, 0.25) is 5.02 Å². The van der Waals surface area contributed by atoms with Gasteiger partial charge in [0.1, 0.15) is 0 Å². The summed E-state index contributed by atoms with van der Waals surface area (Å²) in [7, 11) is 0. The average Bonchev–Trinajstić information content (AvgIpc) is 2.45. The van der Waals surface area contributed by atoms with Crippen molar-refractivity contribution >= 4 is 23.3 Å². The van der Waals surface area contributed by atoms with Crippen molar-refractivity contribution in [3.05, 3.63) is 22.8 Å². The lowest BCUT2D eigenvalue weighted by molar-refractivity contribution is 0.0952. The van der Waals surface area contributed by atoms with Crippen molar-refractivity contribution in [3.8, 4) is 0 Å². The summed E-state index contributed by atoms with van der Waals surface area (Å²) in [5, 5.41) is 3.21. The molecule has 1 heterocycles. The fraction of sp³-hybridized carbons (Fsp3) is 0.600. The molecule has 0 spiro atoms. The number of pyridine rings is 1. The van der Waals surface area contributed by atoms with Crippen molar-refractivity contribution in [1.29, 1.82) is 0 Å². The lowest BCUT2D eigenvalue weighted by Gasteiger charge is -2.07. The topological polar surface area (TPSA) is 80.0 Å². The first-order valence-electron chi connectivity index (χ1n) is 7.45. The van der Waals surface area contributed by atoms with Gasteiger partial charge < -0.3 is 10.7 Å². The Morgan fingerprint density at radius 2 is 2.05 bits per heavy atom. The minimum atomic E-state index is -0.157. The third-order valence-electron chi connectivity index (χ3n) is 3.23. The number of carbonyl (C=O) groups excluding carboxylic acids is 1. The van der Waals surface area contributed by atoms with Crippen molar-refractivity contribution in [2.75, 3.05) is 12.0 Å². The van der Waals surface area contributed by atoms with Crippen LogP contribution in [0.4, 0.5) is 5.82 Å². The molecule has 21 heavy (non-hydrogen) atoms. The highest BCUT2D eigenvalue weighted by Crippen LogP contribution is 2.18. The van der Waals surface area contributed by atoms with Crippen LogP contribution in [0.5, 0.6) is 0 Å². The Morgan fingerprint density at radius 3 is 2.67 bits per heavy atom. The molecule has 0 radical (unpaired) electrons. The van der Waals surface area contributed by atoms with Crippen LogP contribution in [0.1, 0.15) is 56.3 Å². The van der Waals surface area contributed by atoms with E-state index in [1.807, 2.05) is 0 Å². The number of hydrogen-bond acceptors (Lipinski definition) is 4. The maximum absolute atomic E-state index is 11.9. The summed E-state index contributed by atoms with van der Waals surface area (Å²) in [5.41, 5.74) is 2.81. The first kappa shape index (κ1) is 17.7. The number of nitrogens with one attached hydrogen (secondary N) is 2. The fourth-order valence-corrected chi connectivity index (χ4v) is 2.22. The summed E-state index contributed by atoms with van der Waals surface area (Å²) in [4.78, 5) is 15.9. The Morgan fingerprint density at radius 1 is 1.33 bits per heavy atom. The molecule has 5 nitrogen and oxygen atoms in total. The van der Waals surface area contributed by atoms with Gasteiger partial charge >= 0.3 is 0 Å². The van der Waals surface area contributed by atoms with E-state index in [9.17, 15) is 4.79 Å². The Labute approximate surface area is 131 Å². The average molecular weight is 313 g/mol. The van der Waals surface area contributed by atoms with E-state index in [0.29, 0.717) is 22.9 Å². The summed E-state index contributed by atoms with van der Waals surface area (Å²) < 4.78 is 0. The molecule has 0 aliphatic heterocycles. The molecule has 6 heteroatoms. The van der Waals surface area contributed by atoms with E-state index in [2.05, 4.69) is 29.6 Å². The third kappa shape index (κ3) is 6.78. The van der Waals surface area contributed by atoms with E-state index in [0.717, 1.165) is 18.8 Å². The van der Waals surface area contributed by atoms with Gasteiger partial charge in [0.25, 0.3) is 5.91 Å². The van der Waals surface area contributed by atoms with Gasteiger partial charge in [-0.2, -0.15) is 0 Å². The van der Waals surface area contributed by atoms with Crippen LogP contribution in [-0.4, -0.2) is 17.4 Å². The number of nitrogens with zero attached hydrogens (tertiary/aromatic N) is 1. The summed E-state index contributed by atoms with van der Waals surface area (Å²) in [6, 6.07) is 1.56. The number of unbranched alkanes of at least 4 members (excludes halogenated alkanes) is 3. The second-order valence-electron chi connectivity index (χ2n) is 5.55. The third-order valence-corrected chi connectivity index (χ3v) is 3.52. The van der Waals surface area contributed by atoms with E-state index in [4.69, 9.17) is 17.4 Å². The van der Waals surface area contributed by atoms with Crippen molar-refractivity contribution in [1.82, 2.24) is 10.3 Å². The molecule has 0 aliphatic rings. The van der Waals surface area contributed by atoms with Crippen molar-refractivity contribution in [2.24, 2.45) is 11.8 Å². The van der Waals surface area contributed by atoms with Gasteiger partial charge in [0.05, 0.1) is 10.6 Å². The molecular formula is C15H25ClN4O. The number of hydrazine groups is 1. The van der Waals surface area contributed by atoms with Gasteiger partial charge in [-0.3, -0.25) is 4.79 Å². The molecule has 0 unspecified atom stereocenters. The van der Waals surface area contributed by atoms with Crippen LogP contribution in [-0.2, 0) is 0 Å². The zero-order valence-corrected chi connectivity index (χ0v) is 13.5. The number of nitrogens with two attached hydrogens (primary N) is 1. The SMILES string of the molecule is CC(C)CCCCCCNC(=O)c1cnc(NN)c(Cl)c1. The molecule has 0 fully saturated rings. The molecule has 4 N–H and O–H groups in total. The van der Waals surface area contributed by atoms with Crippen LogP contribution < -0.4 is 16.6 Å².